The van der Waals surface area contributed by atoms with E-state index < -0.39 is 11.4 Å². The average Bonchev–Trinajstić information content (AvgIpc) is 2.31. The van der Waals surface area contributed by atoms with E-state index in [4.69, 9.17) is 11.6 Å². The van der Waals surface area contributed by atoms with Crippen LogP contribution in [0.4, 0.5) is 4.39 Å². The van der Waals surface area contributed by atoms with Crippen molar-refractivity contribution in [3.05, 3.63) is 34.6 Å². The summed E-state index contributed by atoms with van der Waals surface area (Å²) >= 11 is 5.78. The highest BCUT2D eigenvalue weighted by atomic mass is 35.5. The van der Waals surface area contributed by atoms with Crippen molar-refractivity contribution in [1.82, 2.24) is 0 Å². The summed E-state index contributed by atoms with van der Waals surface area (Å²) in [5, 5.41) is 10.8. The lowest BCUT2D eigenvalue weighted by Crippen LogP contribution is -2.43. The first-order valence-corrected chi connectivity index (χ1v) is 6.95. The van der Waals surface area contributed by atoms with Crippen molar-refractivity contribution in [2.24, 2.45) is 11.8 Å². The summed E-state index contributed by atoms with van der Waals surface area (Å²) in [6.45, 7) is 4.26. The Morgan fingerprint density at radius 1 is 1.44 bits per heavy atom. The number of aliphatic hydroxyl groups is 1. The van der Waals surface area contributed by atoms with E-state index >= 15 is 0 Å². The third kappa shape index (κ3) is 2.70. The molecule has 3 atom stereocenters. The van der Waals surface area contributed by atoms with Gasteiger partial charge in [-0.15, -0.1) is 0 Å². The third-order valence-corrected chi connectivity index (χ3v) is 4.56. The van der Waals surface area contributed by atoms with Gasteiger partial charge in [-0.25, -0.2) is 4.39 Å². The first-order chi connectivity index (χ1) is 8.42. The van der Waals surface area contributed by atoms with Crippen LogP contribution in [0.1, 0.15) is 38.7 Å². The zero-order valence-electron chi connectivity index (χ0n) is 10.9. The van der Waals surface area contributed by atoms with Gasteiger partial charge in [0.1, 0.15) is 5.82 Å². The maximum Gasteiger partial charge on any atom is 0.145 e. The van der Waals surface area contributed by atoms with Crippen LogP contribution in [0.2, 0.25) is 5.02 Å². The molecule has 0 heterocycles. The number of hydrogen-bond donors (Lipinski definition) is 1. The van der Waals surface area contributed by atoms with Crippen LogP contribution in [0, 0.1) is 17.7 Å². The first-order valence-electron chi connectivity index (χ1n) is 6.57. The smallest absolute Gasteiger partial charge is 0.145 e. The van der Waals surface area contributed by atoms with Crippen molar-refractivity contribution >= 4 is 11.6 Å². The monoisotopic (exact) mass is 270 g/mol. The summed E-state index contributed by atoms with van der Waals surface area (Å²) in [7, 11) is 0. The van der Waals surface area contributed by atoms with Gasteiger partial charge in [-0.1, -0.05) is 37.6 Å². The fraction of sp³-hybridized carbons (Fsp3) is 0.600. The fourth-order valence-corrected chi connectivity index (χ4v) is 3.16. The van der Waals surface area contributed by atoms with Gasteiger partial charge in [-0.3, -0.25) is 0 Å². The molecule has 1 aliphatic carbocycles. The van der Waals surface area contributed by atoms with Gasteiger partial charge < -0.3 is 5.11 Å². The van der Waals surface area contributed by atoms with Crippen molar-refractivity contribution in [1.29, 1.82) is 0 Å². The normalized spacial score (nSPS) is 32.5. The Labute approximate surface area is 113 Å². The molecule has 0 aliphatic heterocycles. The quantitative estimate of drug-likeness (QED) is 0.854. The largest absolute Gasteiger partial charge is 0.389 e. The molecule has 0 spiro atoms. The Morgan fingerprint density at radius 3 is 2.83 bits per heavy atom. The zero-order chi connectivity index (χ0) is 13.3. The van der Waals surface area contributed by atoms with Crippen molar-refractivity contribution in [3.63, 3.8) is 0 Å². The van der Waals surface area contributed by atoms with Crippen molar-refractivity contribution in [3.8, 4) is 0 Å². The Hall–Kier alpha value is -0.600. The molecule has 18 heavy (non-hydrogen) atoms. The summed E-state index contributed by atoms with van der Waals surface area (Å²) in [6.07, 6.45) is 3.09. The Kier molecular flexibility index (Phi) is 3.98. The van der Waals surface area contributed by atoms with Crippen molar-refractivity contribution in [2.75, 3.05) is 0 Å². The predicted molar refractivity (Wildman–Crippen MR) is 72.2 cm³/mol. The lowest BCUT2D eigenvalue weighted by Gasteiger charge is -2.41. The highest BCUT2D eigenvalue weighted by Crippen LogP contribution is 2.39. The minimum atomic E-state index is -0.794. The number of halogens is 2. The summed E-state index contributed by atoms with van der Waals surface area (Å²) in [4.78, 5) is 0. The second-order valence-electron chi connectivity index (χ2n) is 5.77. The van der Waals surface area contributed by atoms with E-state index in [2.05, 4.69) is 13.8 Å². The molecule has 100 valence electrons. The van der Waals surface area contributed by atoms with Crippen molar-refractivity contribution in [2.45, 2.75) is 45.1 Å². The van der Waals surface area contributed by atoms with Crippen LogP contribution < -0.4 is 0 Å². The zero-order valence-corrected chi connectivity index (χ0v) is 11.7. The molecular formula is C15H20ClFO. The van der Waals surface area contributed by atoms with E-state index in [1.165, 1.54) is 6.07 Å². The molecular weight excluding hydrogens is 251 g/mol. The predicted octanol–water partition coefficient (Wildman–Crippen LogP) is 4.21. The molecule has 1 saturated carbocycles. The molecule has 0 radical (unpaired) electrons. The van der Waals surface area contributed by atoms with Gasteiger partial charge in [-0.05, 0) is 42.7 Å². The van der Waals surface area contributed by atoms with Gasteiger partial charge in [0, 0.05) is 6.42 Å². The van der Waals surface area contributed by atoms with Crippen LogP contribution in [0.3, 0.4) is 0 Å². The van der Waals surface area contributed by atoms with Crippen LogP contribution in [-0.4, -0.2) is 10.7 Å². The first kappa shape index (κ1) is 13.8. The lowest BCUT2D eigenvalue weighted by atomic mass is 9.70. The highest BCUT2D eigenvalue weighted by molar-refractivity contribution is 6.30. The van der Waals surface area contributed by atoms with Gasteiger partial charge in [-0.2, -0.15) is 0 Å². The number of benzene rings is 1. The third-order valence-electron chi connectivity index (χ3n) is 4.27. The topological polar surface area (TPSA) is 20.2 Å². The molecule has 1 nitrogen and oxygen atoms in total. The van der Waals surface area contributed by atoms with Gasteiger partial charge in [0.25, 0.3) is 0 Å². The highest BCUT2D eigenvalue weighted by Gasteiger charge is 2.38. The van der Waals surface area contributed by atoms with E-state index in [1.807, 2.05) is 0 Å². The van der Waals surface area contributed by atoms with Crippen LogP contribution in [0.15, 0.2) is 18.2 Å². The number of hydrogen-bond acceptors (Lipinski definition) is 1. The van der Waals surface area contributed by atoms with Gasteiger partial charge in [0.05, 0.1) is 10.6 Å². The molecule has 1 aromatic rings. The minimum absolute atomic E-state index is 0.132. The Morgan fingerprint density at radius 2 is 2.17 bits per heavy atom. The molecule has 0 bridgehead atoms. The van der Waals surface area contributed by atoms with Crippen LogP contribution >= 0.6 is 11.6 Å². The average molecular weight is 271 g/mol. The summed E-state index contributed by atoms with van der Waals surface area (Å²) in [6, 6.07) is 4.99. The van der Waals surface area contributed by atoms with Gasteiger partial charge in [0.2, 0.25) is 0 Å². The molecule has 1 fully saturated rings. The van der Waals surface area contributed by atoms with Gasteiger partial charge >= 0.3 is 0 Å². The van der Waals surface area contributed by atoms with E-state index in [1.54, 1.807) is 12.1 Å². The molecule has 3 heteroatoms. The van der Waals surface area contributed by atoms with Crippen LogP contribution in [-0.2, 0) is 6.42 Å². The molecule has 1 aromatic carbocycles. The van der Waals surface area contributed by atoms with Crippen molar-refractivity contribution < 1.29 is 9.50 Å². The molecule has 0 saturated heterocycles. The Bertz CT molecular complexity index is 435. The standard InChI is InChI=1S/C15H20ClFO/c1-10-6-7-15(18,11(2)8-10)9-12-4-3-5-13(16)14(12)17/h3-5,10-11,18H,6-9H2,1-2H3. The van der Waals surface area contributed by atoms with E-state index in [0.717, 1.165) is 19.3 Å². The van der Waals surface area contributed by atoms with Crippen LogP contribution in [0.25, 0.3) is 0 Å². The maximum atomic E-state index is 13.9. The van der Waals surface area contributed by atoms with Crippen LogP contribution in [0.5, 0.6) is 0 Å². The molecule has 1 N–H and O–H groups in total. The fourth-order valence-electron chi connectivity index (χ4n) is 2.96. The minimum Gasteiger partial charge on any atom is -0.389 e. The summed E-state index contributed by atoms with van der Waals surface area (Å²) in [5.74, 6) is 0.447. The van der Waals surface area contributed by atoms with E-state index in [9.17, 15) is 9.50 Å². The molecule has 2 rings (SSSR count). The second kappa shape index (κ2) is 5.18. The molecule has 0 aromatic heterocycles. The summed E-state index contributed by atoms with van der Waals surface area (Å²) in [5.41, 5.74) is -0.274. The van der Waals surface area contributed by atoms with Gasteiger partial charge in [0.15, 0.2) is 0 Å². The van der Waals surface area contributed by atoms with E-state index in [-0.39, 0.29) is 10.9 Å². The SMILES string of the molecule is CC1CCC(O)(Cc2cccc(Cl)c2F)C(C)C1. The maximum absolute atomic E-state index is 13.9. The second-order valence-corrected chi connectivity index (χ2v) is 6.18. The Balaban J connectivity index is 2.20. The molecule has 3 unspecified atom stereocenters. The van der Waals surface area contributed by atoms with E-state index in [0.29, 0.717) is 17.9 Å². The summed E-state index contributed by atoms with van der Waals surface area (Å²) < 4.78 is 13.9. The number of rotatable bonds is 2. The molecule has 1 aliphatic rings. The lowest BCUT2D eigenvalue weighted by molar-refractivity contribution is -0.0527. The molecule has 0 amide bonds.